The maximum atomic E-state index is 10.8. The molecule has 8 heteroatoms. The van der Waals surface area contributed by atoms with Crippen LogP contribution >= 0.6 is 24.0 Å². The SMILES string of the molecule is CCNC(=NCCCNS(C)(=O)=O)NC1CC1.I. The molecule has 0 aromatic carbocycles. The molecule has 108 valence electrons. The van der Waals surface area contributed by atoms with Gasteiger partial charge in [-0.05, 0) is 26.2 Å². The van der Waals surface area contributed by atoms with Crippen molar-refractivity contribution < 1.29 is 8.42 Å². The third-order valence-electron chi connectivity index (χ3n) is 2.23. The predicted octanol–water partition coefficient (Wildman–Crippen LogP) is 0.261. The molecule has 0 saturated heterocycles. The van der Waals surface area contributed by atoms with Crippen molar-refractivity contribution in [1.82, 2.24) is 15.4 Å². The van der Waals surface area contributed by atoms with E-state index in [9.17, 15) is 8.42 Å². The van der Waals surface area contributed by atoms with E-state index < -0.39 is 10.0 Å². The van der Waals surface area contributed by atoms with E-state index in [-0.39, 0.29) is 24.0 Å². The molecule has 0 spiro atoms. The van der Waals surface area contributed by atoms with Crippen LogP contribution in [0.25, 0.3) is 0 Å². The van der Waals surface area contributed by atoms with E-state index in [0.717, 1.165) is 18.8 Å². The van der Waals surface area contributed by atoms with Crippen LogP contribution in [-0.4, -0.2) is 46.3 Å². The van der Waals surface area contributed by atoms with Crippen LogP contribution in [0.2, 0.25) is 0 Å². The Labute approximate surface area is 126 Å². The first-order valence-corrected chi connectivity index (χ1v) is 7.90. The number of sulfonamides is 1. The van der Waals surface area contributed by atoms with Crippen molar-refractivity contribution in [3.8, 4) is 0 Å². The second-order valence-electron chi connectivity index (χ2n) is 4.20. The van der Waals surface area contributed by atoms with E-state index in [1.807, 2.05) is 6.92 Å². The highest BCUT2D eigenvalue weighted by Gasteiger charge is 2.21. The van der Waals surface area contributed by atoms with Crippen molar-refractivity contribution in [2.75, 3.05) is 25.9 Å². The number of hydrogen-bond donors (Lipinski definition) is 3. The minimum absolute atomic E-state index is 0. The molecule has 0 aromatic rings. The van der Waals surface area contributed by atoms with Crippen molar-refractivity contribution in [3.05, 3.63) is 0 Å². The first-order chi connectivity index (χ1) is 8.01. The molecule has 0 aromatic heterocycles. The molecule has 1 aliphatic rings. The number of rotatable bonds is 7. The molecular weight excluding hydrogens is 367 g/mol. The molecule has 1 fully saturated rings. The van der Waals surface area contributed by atoms with Gasteiger partial charge in [-0.1, -0.05) is 0 Å². The second kappa shape index (κ2) is 8.92. The van der Waals surface area contributed by atoms with E-state index in [4.69, 9.17) is 0 Å². The van der Waals surface area contributed by atoms with Gasteiger partial charge in [-0.2, -0.15) is 0 Å². The molecule has 1 saturated carbocycles. The van der Waals surface area contributed by atoms with Crippen molar-refractivity contribution in [2.24, 2.45) is 4.99 Å². The van der Waals surface area contributed by atoms with E-state index in [2.05, 4.69) is 20.3 Å². The first-order valence-electron chi connectivity index (χ1n) is 6.00. The van der Waals surface area contributed by atoms with Crippen molar-refractivity contribution in [3.63, 3.8) is 0 Å². The van der Waals surface area contributed by atoms with E-state index in [1.54, 1.807) is 0 Å². The van der Waals surface area contributed by atoms with Gasteiger partial charge in [-0.15, -0.1) is 24.0 Å². The molecule has 1 aliphatic carbocycles. The van der Waals surface area contributed by atoms with Crippen LogP contribution in [0, 0.1) is 0 Å². The molecule has 1 rings (SSSR count). The molecule has 0 bridgehead atoms. The summed E-state index contributed by atoms with van der Waals surface area (Å²) in [6.07, 6.45) is 4.28. The minimum Gasteiger partial charge on any atom is -0.357 e. The molecule has 3 N–H and O–H groups in total. The number of guanidine groups is 1. The van der Waals surface area contributed by atoms with Crippen LogP contribution in [-0.2, 0) is 10.0 Å². The Morgan fingerprint density at radius 1 is 1.39 bits per heavy atom. The Morgan fingerprint density at radius 3 is 2.56 bits per heavy atom. The highest BCUT2D eigenvalue weighted by molar-refractivity contribution is 14.0. The Balaban J connectivity index is 0.00000289. The van der Waals surface area contributed by atoms with Gasteiger partial charge in [-0.25, -0.2) is 13.1 Å². The van der Waals surface area contributed by atoms with Crippen LogP contribution in [0.15, 0.2) is 4.99 Å². The molecule has 0 radical (unpaired) electrons. The molecule has 0 atom stereocenters. The molecule has 0 amide bonds. The predicted molar refractivity (Wildman–Crippen MR) is 85.0 cm³/mol. The smallest absolute Gasteiger partial charge is 0.208 e. The first kappa shape index (κ1) is 17.9. The Hall–Kier alpha value is -0.0900. The van der Waals surface area contributed by atoms with Crippen molar-refractivity contribution in [1.29, 1.82) is 0 Å². The number of aliphatic imine (C=N–C) groups is 1. The highest BCUT2D eigenvalue weighted by Crippen LogP contribution is 2.18. The summed E-state index contributed by atoms with van der Waals surface area (Å²) in [5, 5.41) is 6.46. The molecule has 18 heavy (non-hydrogen) atoms. The van der Waals surface area contributed by atoms with Gasteiger partial charge in [0.1, 0.15) is 0 Å². The Kier molecular flexibility index (Phi) is 8.87. The lowest BCUT2D eigenvalue weighted by atomic mass is 10.4. The van der Waals surface area contributed by atoms with Crippen LogP contribution in [0.3, 0.4) is 0 Å². The van der Waals surface area contributed by atoms with Crippen LogP contribution in [0.5, 0.6) is 0 Å². The summed E-state index contributed by atoms with van der Waals surface area (Å²) >= 11 is 0. The lowest BCUT2D eigenvalue weighted by Crippen LogP contribution is -2.38. The Morgan fingerprint density at radius 2 is 2.06 bits per heavy atom. The molecule has 0 unspecified atom stereocenters. The number of halogens is 1. The molecular formula is C10H23IN4O2S. The quantitative estimate of drug-likeness (QED) is 0.252. The molecule has 0 aliphatic heterocycles. The van der Waals surface area contributed by atoms with Gasteiger partial charge in [0.05, 0.1) is 6.26 Å². The third-order valence-corrected chi connectivity index (χ3v) is 2.96. The van der Waals surface area contributed by atoms with E-state index in [0.29, 0.717) is 25.6 Å². The van der Waals surface area contributed by atoms with Crippen LogP contribution in [0.4, 0.5) is 0 Å². The molecule has 0 heterocycles. The summed E-state index contributed by atoms with van der Waals surface area (Å²) in [6, 6.07) is 0.571. The van der Waals surface area contributed by atoms with Crippen molar-refractivity contribution >= 4 is 40.0 Å². The number of hydrogen-bond acceptors (Lipinski definition) is 3. The third kappa shape index (κ3) is 9.89. The second-order valence-corrected chi connectivity index (χ2v) is 6.03. The van der Waals surface area contributed by atoms with Gasteiger partial charge in [0.2, 0.25) is 10.0 Å². The normalized spacial score (nSPS) is 16.0. The summed E-state index contributed by atoms with van der Waals surface area (Å²) in [6.45, 7) is 3.91. The number of nitrogens with one attached hydrogen (secondary N) is 3. The van der Waals surface area contributed by atoms with Gasteiger partial charge in [0, 0.05) is 25.7 Å². The van der Waals surface area contributed by atoms with Crippen LogP contribution in [0.1, 0.15) is 26.2 Å². The van der Waals surface area contributed by atoms with E-state index >= 15 is 0 Å². The summed E-state index contributed by atoms with van der Waals surface area (Å²) in [4.78, 5) is 4.37. The lowest BCUT2D eigenvalue weighted by molar-refractivity contribution is 0.585. The maximum absolute atomic E-state index is 10.8. The zero-order chi connectivity index (χ0) is 12.7. The van der Waals surface area contributed by atoms with Crippen molar-refractivity contribution in [2.45, 2.75) is 32.2 Å². The molecule has 6 nitrogen and oxygen atoms in total. The summed E-state index contributed by atoms with van der Waals surface area (Å²) in [5.41, 5.74) is 0. The van der Waals surface area contributed by atoms with Gasteiger partial charge in [0.15, 0.2) is 5.96 Å². The highest BCUT2D eigenvalue weighted by atomic mass is 127. The van der Waals surface area contributed by atoms with Gasteiger partial charge >= 0.3 is 0 Å². The fourth-order valence-electron chi connectivity index (χ4n) is 1.27. The average molecular weight is 390 g/mol. The van der Waals surface area contributed by atoms with Gasteiger partial charge in [0.25, 0.3) is 0 Å². The van der Waals surface area contributed by atoms with Gasteiger partial charge in [-0.3, -0.25) is 4.99 Å². The maximum Gasteiger partial charge on any atom is 0.208 e. The lowest BCUT2D eigenvalue weighted by Gasteiger charge is -2.09. The summed E-state index contributed by atoms with van der Waals surface area (Å²) < 4.78 is 24.1. The topological polar surface area (TPSA) is 82.6 Å². The standard InChI is InChI=1S/C10H22N4O2S.HI/c1-3-11-10(14-9-5-6-9)12-7-4-8-13-17(2,15)16;/h9,13H,3-8H2,1-2H3,(H2,11,12,14);1H. The summed E-state index contributed by atoms with van der Waals surface area (Å²) in [5.74, 6) is 0.828. The zero-order valence-corrected chi connectivity index (χ0v) is 14.0. The largest absolute Gasteiger partial charge is 0.357 e. The summed E-state index contributed by atoms with van der Waals surface area (Å²) in [7, 11) is -3.07. The minimum atomic E-state index is -3.07. The fraction of sp³-hybridized carbons (Fsp3) is 0.900. The fourth-order valence-corrected chi connectivity index (χ4v) is 1.78. The Bertz CT molecular complexity index is 355. The number of nitrogens with zero attached hydrogens (tertiary/aromatic N) is 1. The average Bonchev–Trinajstić information content (AvgIpc) is 2.99. The van der Waals surface area contributed by atoms with E-state index in [1.165, 1.54) is 12.8 Å². The van der Waals surface area contributed by atoms with Crippen LogP contribution < -0.4 is 15.4 Å². The monoisotopic (exact) mass is 390 g/mol. The van der Waals surface area contributed by atoms with Gasteiger partial charge < -0.3 is 10.6 Å². The zero-order valence-electron chi connectivity index (χ0n) is 10.9.